The van der Waals surface area contributed by atoms with Crippen LogP contribution in [0.5, 0.6) is 5.75 Å². The van der Waals surface area contributed by atoms with Gasteiger partial charge in [-0.3, -0.25) is 4.79 Å². The topological polar surface area (TPSA) is 108 Å². The molecule has 1 aliphatic rings. The molecule has 3 aromatic rings. The minimum absolute atomic E-state index is 0.0976. The van der Waals surface area contributed by atoms with Gasteiger partial charge >= 0.3 is 22.2 Å². The van der Waals surface area contributed by atoms with Gasteiger partial charge in [0.05, 0.1) is 25.8 Å². The van der Waals surface area contributed by atoms with E-state index < -0.39 is 28.2 Å². The molecule has 1 amide bonds. The first kappa shape index (κ1) is 24.3. The zero-order chi connectivity index (χ0) is 25.0. The monoisotopic (exact) mass is 495 g/mol. The third-order valence-electron chi connectivity index (χ3n) is 5.76. The van der Waals surface area contributed by atoms with Crippen LogP contribution in [-0.2, 0) is 24.4 Å². The lowest BCUT2D eigenvalue weighted by molar-refractivity contribution is -0.141. The van der Waals surface area contributed by atoms with Gasteiger partial charge in [-0.25, -0.2) is 4.79 Å². The highest BCUT2D eigenvalue weighted by atomic mass is 32.2. The summed E-state index contributed by atoms with van der Waals surface area (Å²) in [6.45, 7) is 0.131. The zero-order valence-electron chi connectivity index (χ0n) is 19.3. The Labute approximate surface area is 204 Å². The highest BCUT2D eigenvalue weighted by Crippen LogP contribution is 2.44. The molecule has 8 nitrogen and oxygen atoms in total. The van der Waals surface area contributed by atoms with Gasteiger partial charge in [0.2, 0.25) is 0 Å². The lowest BCUT2D eigenvalue weighted by Gasteiger charge is -2.20. The fraction of sp³-hybridized carbons (Fsp3) is 0.231. The molecule has 35 heavy (non-hydrogen) atoms. The number of esters is 1. The van der Waals surface area contributed by atoms with Gasteiger partial charge in [0.15, 0.2) is 0 Å². The Balaban J connectivity index is 1.47. The Morgan fingerprint density at radius 3 is 2.03 bits per heavy atom. The minimum atomic E-state index is -3.67. The summed E-state index contributed by atoms with van der Waals surface area (Å²) in [5.41, 5.74) is 4.99. The van der Waals surface area contributed by atoms with Crippen molar-refractivity contribution >= 4 is 22.2 Å². The molecule has 0 saturated heterocycles. The SMILES string of the molecule is COC(=O)CC(NC(=O)OCC1c2ccccc2-c2ccccc21)c1ccc(OS(C)(=O)=O)cc1. The van der Waals surface area contributed by atoms with Gasteiger partial charge in [-0.2, -0.15) is 8.42 Å². The van der Waals surface area contributed by atoms with Crippen molar-refractivity contribution < 1.29 is 31.7 Å². The van der Waals surface area contributed by atoms with Gasteiger partial charge in [-0.05, 0) is 39.9 Å². The maximum atomic E-state index is 12.7. The summed E-state index contributed by atoms with van der Waals surface area (Å²) in [6, 6.07) is 21.3. The quantitative estimate of drug-likeness (QED) is 0.369. The largest absolute Gasteiger partial charge is 0.469 e. The van der Waals surface area contributed by atoms with Crippen LogP contribution in [0.25, 0.3) is 11.1 Å². The Kier molecular flexibility index (Phi) is 7.07. The number of hydrogen-bond donors (Lipinski definition) is 1. The smallest absolute Gasteiger partial charge is 0.407 e. The molecule has 0 fully saturated rings. The van der Waals surface area contributed by atoms with Crippen molar-refractivity contribution in [2.24, 2.45) is 0 Å². The van der Waals surface area contributed by atoms with E-state index in [0.29, 0.717) is 5.56 Å². The van der Waals surface area contributed by atoms with Crippen LogP contribution in [-0.4, -0.2) is 40.5 Å². The molecule has 0 spiro atoms. The van der Waals surface area contributed by atoms with E-state index in [2.05, 4.69) is 17.4 Å². The molecule has 1 N–H and O–H groups in total. The fourth-order valence-electron chi connectivity index (χ4n) is 4.22. The minimum Gasteiger partial charge on any atom is -0.469 e. The van der Waals surface area contributed by atoms with Crippen molar-refractivity contribution in [2.75, 3.05) is 20.0 Å². The summed E-state index contributed by atoms with van der Waals surface area (Å²) in [7, 11) is -2.41. The van der Waals surface area contributed by atoms with Gasteiger partial charge in [0, 0.05) is 5.92 Å². The van der Waals surface area contributed by atoms with Gasteiger partial charge in [0.1, 0.15) is 12.4 Å². The Morgan fingerprint density at radius 1 is 0.914 bits per heavy atom. The van der Waals surface area contributed by atoms with E-state index in [-0.39, 0.29) is 24.7 Å². The van der Waals surface area contributed by atoms with Crippen LogP contribution in [0.1, 0.15) is 35.1 Å². The lowest BCUT2D eigenvalue weighted by atomic mass is 9.98. The number of nitrogens with one attached hydrogen (secondary N) is 1. The number of rotatable bonds is 8. The summed E-state index contributed by atoms with van der Waals surface area (Å²) >= 11 is 0. The number of ether oxygens (including phenoxy) is 2. The normalized spacial score (nSPS) is 13.3. The molecule has 9 heteroatoms. The summed E-state index contributed by atoms with van der Waals surface area (Å²) in [4.78, 5) is 24.7. The van der Waals surface area contributed by atoms with Crippen molar-refractivity contribution in [3.8, 4) is 16.9 Å². The number of hydrogen-bond acceptors (Lipinski definition) is 7. The molecule has 1 aliphatic carbocycles. The second kappa shape index (κ2) is 10.2. The molecule has 182 valence electrons. The van der Waals surface area contributed by atoms with E-state index >= 15 is 0 Å². The Bertz CT molecular complexity index is 1290. The van der Waals surface area contributed by atoms with Crippen molar-refractivity contribution in [1.29, 1.82) is 0 Å². The summed E-state index contributed by atoms with van der Waals surface area (Å²) < 4.78 is 37.8. The van der Waals surface area contributed by atoms with Crippen LogP contribution >= 0.6 is 0 Å². The third-order valence-corrected chi connectivity index (χ3v) is 6.26. The highest BCUT2D eigenvalue weighted by molar-refractivity contribution is 7.86. The van der Waals surface area contributed by atoms with Crippen molar-refractivity contribution in [2.45, 2.75) is 18.4 Å². The maximum Gasteiger partial charge on any atom is 0.407 e. The second-order valence-electron chi connectivity index (χ2n) is 8.16. The van der Waals surface area contributed by atoms with Gasteiger partial charge in [-0.1, -0.05) is 60.7 Å². The molecule has 1 unspecified atom stereocenters. The van der Waals surface area contributed by atoms with E-state index in [4.69, 9.17) is 13.7 Å². The number of alkyl carbamates (subject to hydrolysis) is 1. The Hall–Kier alpha value is -3.85. The first-order valence-electron chi connectivity index (χ1n) is 10.9. The predicted molar refractivity (Wildman–Crippen MR) is 129 cm³/mol. The van der Waals surface area contributed by atoms with Crippen molar-refractivity contribution in [3.63, 3.8) is 0 Å². The van der Waals surface area contributed by atoms with Crippen LogP contribution < -0.4 is 9.50 Å². The van der Waals surface area contributed by atoms with Crippen molar-refractivity contribution in [1.82, 2.24) is 5.32 Å². The van der Waals surface area contributed by atoms with Crippen LogP contribution in [0, 0.1) is 0 Å². The molecule has 0 radical (unpaired) electrons. The molecule has 0 aliphatic heterocycles. The van der Waals surface area contributed by atoms with E-state index in [1.165, 1.54) is 19.2 Å². The molecule has 0 saturated carbocycles. The number of amides is 1. The molecular formula is C26H25NO7S. The summed E-state index contributed by atoms with van der Waals surface area (Å²) in [5.74, 6) is -0.501. The number of carbonyl (C=O) groups excluding carboxylic acids is 2. The molecule has 3 aromatic carbocycles. The molecule has 0 bridgehead atoms. The van der Waals surface area contributed by atoms with Crippen LogP contribution in [0.4, 0.5) is 4.79 Å². The highest BCUT2D eigenvalue weighted by Gasteiger charge is 2.29. The van der Waals surface area contributed by atoms with Crippen LogP contribution in [0.2, 0.25) is 0 Å². The van der Waals surface area contributed by atoms with Crippen molar-refractivity contribution in [3.05, 3.63) is 89.5 Å². The number of benzene rings is 3. The van der Waals surface area contributed by atoms with E-state index in [1.807, 2.05) is 36.4 Å². The maximum absolute atomic E-state index is 12.7. The predicted octanol–water partition coefficient (Wildman–Crippen LogP) is 4.17. The molecule has 0 heterocycles. The van der Waals surface area contributed by atoms with E-state index in [1.54, 1.807) is 12.1 Å². The Morgan fingerprint density at radius 2 is 1.49 bits per heavy atom. The molecular weight excluding hydrogens is 470 g/mol. The first-order valence-corrected chi connectivity index (χ1v) is 12.7. The zero-order valence-corrected chi connectivity index (χ0v) is 20.1. The van der Waals surface area contributed by atoms with Gasteiger partial charge < -0.3 is 19.0 Å². The van der Waals surface area contributed by atoms with Crippen LogP contribution in [0.3, 0.4) is 0 Å². The molecule has 4 rings (SSSR count). The lowest BCUT2D eigenvalue weighted by Crippen LogP contribution is -2.32. The van der Waals surface area contributed by atoms with Gasteiger partial charge in [0.25, 0.3) is 0 Å². The average Bonchev–Trinajstić information content (AvgIpc) is 3.15. The fourth-order valence-corrected chi connectivity index (χ4v) is 4.68. The third kappa shape index (κ3) is 5.81. The molecule has 0 aromatic heterocycles. The first-order chi connectivity index (χ1) is 16.7. The average molecular weight is 496 g/mol. The second-order valence-corrected chi connectivity index (χ2v) is 9.73. The van der Waals surface area contributed by atoms with Crippen LogP contribution in [0.15, 0.2) is 72.8 Å². The van der Waals surface area contributed by atoms with E-state index in [9.17, 15) is 18.0 Å². The molecule has 1 atom stereocenters. The summed E-state index contributed by atoms with van der Waals surface area (Å²) in [6.07, 6.45) is 0.129. The van der Waals surface area contributed by atoms with E-state index in [0.717, 1.165) is 28.5 Å². The number of fused-ring (bicyclic) bond motifs is 3. The van der Waals surface area contributed by atoms with Gasteiger partial charge in [-0.15, -0.1) is 0 Å². The summed E-state index contributed by atoms with van der Waals surface area (Å²) in [5, 5.41) is 2.72. The number of carbonyl (C=O) groups is 2. The number of methoxy groups -OCH3 is 1. The standard InChI is InChI=1S/C26H25NO7S/c1-32-25(28)15-24(17-11-13-18(14-12-17)34-35(2,30)31)27-26(29)33-16-23-21-9-5-3-7-19(21)20-8-4-6-10-22(20)23/h3-14,23-24H,15-16H2,1-2H3,(H,27,29).